The van der Waals surface area contributed by atoms with Crippen LogP contribution in [-0.2, 0) is 0 Å². The average molecular weight is 440 g/mol. The zero-order valence-electron chi connectivity index (χ0n) is 17.0. The van der Waals surface area contributed by atoms with E-state index in [2.05, 4.69) is 15.5 Å². The van der Waals surface area contributed by atoms with Gasteiger partial charge in [-0.3, -0.25) is 14.9 Å². The van der Waals surface area contributed by atoms with Crippen molar-refractivity contribution in [3.8, 4) is 5.75 Å². The molecule has 4 rings (SSSR count). The lowest BCUT2D eigenvalue weighted by Gasteiger charge is -2.07. The second-order valence-corrected chi connectivity index (χ2v) is 6.82. The minimum Gasteiger partial charge on any atom is -0.422 e. The van der Waals surface area contributed by atoms with Crippen LogP contribution in [0.3, 0.4) is 0 Å². The highest BCUT2D eigenvalue weighted by Crippen LogP contribution is 2.19. The molecule has 0 bridgehead atoms. The number of carbonyl (C=O) groups excluding carboxylic acids is 2. The predicted octanol–water partition coefficient (Wildman–Crippen LogP) is 4.13. The van der Waals surface area contributed by atoms with Crippen LogP contribution in [-0.4, -0.2) is 28.0 Å². The first-order valence-corrected chi connectivity index (χ1v) is 9.76. The number of pyridine rings is 1. The number of esters is 1. The van der Waals surface area contributed by atoms with E-state index in [9.17, 15) is 19.7 Å². The predicted molar refractivity (Wildman–Crippen MR) is 121 cm³/mol. The molecule has 9 heteroatoms. The molecule has 0 aliphatic heterocycles. The van der Waals surface area contributed by atoms with Crippen molar-refractivity contribution in [2.75, 3.05) is 0 Å². The van der Waals surface area contributed by atoms with Gasteiger partial charge in [0.1, 0.15) is 11.4 Å². The molecule has 1 N–H and O–H groups in total. The Labute approximate surface area is 187 Å². The van der Waals surface area contributed by atoms with Crippen LogP contribution in [0.2, 0.25) is 0 Å². The molecule has 0 fully saturated rings. The maximum atomic E-state index is 12.4. The highest BCUT2D eigenvalue weighted by Gasteiger charge is 2.13. The summed E-state index contributed by atoms with van der Waals surface area (Å²) in [6.45, 7) is 0. The summed E-state index contributed by atoms with van der Waals surface area (Å²) in [6.07, 6.45) is 1.34. The first-order chi connectivity index (χ1) is 16.0. The number of nitrogens with zero attached hydrogens (tertiary/aromatic N) is 3. The lowest BCUT2D eigenvalue weighted by molar-refractivity contribution is -0.384. The first kappa shape index (κ1) is 21.3. The van der Waals surface area contributed by atoms with E-state index < -0.39 is 16.8 Å². The van der Waals surface area contributed by atoms with Gasteiger partial charge in [-0.2, -0.15) is 5.10 Å². The van der Waals surface area contributed by atoms with Crippen molar-refractivity contribution in [3.63, 3.8) is 0 Å². The number of hydrogen-bond acceptors (Lipinski definition) is 7. The van der Waals surface area contributed by atoms with Gasteiger partial charge in [0.2, 0.25) is 0 Å². The van der Waals surface area contributed by atoms with Gasteiger partial charge >= 0.3 is 5.97 Å². The second-order valence-electron chi connectivity index (χ2n) is 6.82. The van der Waals surface area contributed by atoms with Crippen molar-refractivity contribution in [1.82, 2.24) is 10.4 Å². The minimum atomic E-state index is -0.685. The van der Waals surface area contributed by atoms with E-state index in [-0.39, 0.29) is 22.7 Å². The van der Waals surface area contributed by atoms with Crippen molar-refractivity contribution >= 4 is 34.7 Å². The topological polar surface area (TPSA) is 124 Å². The Morgan fingerprint density at radius 3 is 2.45 bits per heavy atom. The molecule has 0 aliphatic rings. The summed E-state index contributed by atoms with van der Waals surface area (Å²) < 4.78 is 5.40. The Morgan fingerprint density at radius 2 is 1.67 bits per heavy atom. The van der Waals surface area contributed by atoms with E-state index in [0.717, 1.165) is 5.39 Å². The number of nitro groups is 1. The van der Waals surface area contributed by atoms with Gasteiger partial charge in [0.15, 0.2) is 0 Å². The van der Waals surface area contributed by atoms with Crippen LogP contribution in [0.15, 0.2) is 90.0 Å². The molecular formula is C24H16N4O5. The third-order valence-electron chi connectivity index (χ3n) is 4.64. The number of carbonyl (C=O) groups is 2. The third-order valence-corrected chi connectivity index (χ3v) is 4.64. The fourth-order valence-corrected chi connectivity index (χ4v) is 2.97. The van der Waals surface area contributed by atoms with Crippen molar-refractivity contribution in [2.24, 2.45) is 5.10 Å². The van der Waals surface area contributed by atoms with Crippen molar-refractivity contribution < 1.29 is 19.2 Å². The zero-order valence-corrected chi connectivity index (χ0v) is 17.0. The SMILES string of the molecule is O=C(Oc1ccccc1/C=N/NC(=O)c1ccc2ccccc2n1)c1ccc([N+](=O)[O-])cc1. The molecule has 1 heterocycles. The number of aromatic nitrogens is 1. The number of nitrogens with one attached hydrogen (secondary N) is 1. The fraction of sp³-hybridized carbons (Fsp3) is 0. The monoisotopic (exact) mass is 440 g/mol. The lowest BCUT2D eigenvalue weighted by atomic mass is 10.2. The molecular weight excluding hydrogens is 424 g/mol. The van der Waals surface area contributed by atoms with Gasteiger partial charge in [0, 0.05) is 23.1 Å². The summed E-state index contributed by atoms with van der Waals surface area (Å²) in [5.41, 5.74) is 3.78. The summed E-state index contributed by atoms with van der Waals surface area (Å²) in [4.78, 5) is 39.3. The number of hydrogen-bond donors (Lipinski definition) is 1. The van der Waals surface area contributed by atoms with Gasteiger partial charge in [-0.15, -0.1) is 0 Å². The van der Waals surface area contributed by atoms with E-state index in [1.54, 1.807) is 36.4 Å². The van der Waals surface area contributed by atoms with Crippen LogP contribution < -0.4 is 10.2 Å². The Morgan fingerprint density at radius 1 is 0.939 bits per heavy atom. The molecule has 1 amide bonds. The molecule has 3 aromatic carbocycles. The molecule has 0 saturated heterocycles. The summed E-state index contributed by atoms with van der Waals surface area (Å²) in [5, 5.41) is 15.6. The third kappa shape index (κ3) is 5.05. The van der Waals surface area contributed by atoms with Crippen LogP contribution in [0.5, 0.6) is 5.75 Å². The number of rotatable bonds is 6. The first-order valence-electron chi connectivity index (χ1n) is 9.76. The molecule has 1 aromatic heterocycles. The Balaban J connectivity index is 1.44. The maximum absolute atomic E-state index is 12.4. The molecule has 0 atom stereocenters. The van der Waals surface area contributed by atoms with E-state index in [0.29, 0.717) is 11.1 Å². The van der Waals surface area contributed by atoms with Crippen LogP contribution in [0.4, 0.5) is 5.69 Å². The summed E-state index contributed by atoms with van der Waals surface area (Å²) in [5.74, 6) is -0.963. The van der Waals surface area contributed by atoms with E-state index in [4.69, 9.17) is 4.74 Å². The quantitative estimate of drug-likeness (QED) is 0.158. The summed E-state index contributed by atoms with van der Waals surface area (Å²) in [7, 11) is 0. The lowest BCUT2D eigenvalue weighted by Crippen LogP contribution is -2.19. The molecule has 0 unspecified atom stereocenters. The second kappa shape index (κ2) is 9.48. The highest BCUT2D eigenvalue weighted by molar-refractivity contribution is 5.96. The maximum Gasteiger partial charge on any atom is 0.343 e. The molecule has 9 nitrogen and oxygen atoms in total. The van der Waals surface area contributed by atoms with E-state index in [1.165, 1.54) is 30.5 Å². The molecule has 0 radical (unpaired) electrons. The van der Waals surface area contributed by atoms with Gasteiger partial charge in [-0.25, -0.2) is 15.2 Å². The van der Waals surface area contributed by atoms with Gasteiger partial charge in [-0.1, -0.05) is 36.4 Å². The molecule has 162 valence electrons. The van der Waals surface area contributed by atoms with Gasteiger partial charge in [0.05, 0.1) is 22.2 Å². The van der Waals surface area contributed by atoms with Crippen LogP contribution in [0.25, 0.3) is 10.9 Å². The number of ether oxygens (including phenoxy) is 1. The van der Waals surface area contributed by atoms with E-state index >= 15 is 0 Å². The summed E-state index contributed by atoms with van der Waals surface area (Å²) >= 11 is 0. The normalized spacial score (nSPS) is 10.8. The summed E-state index contributed by atoms with van der Waals surface area (Å²) in [6, 6.07) is 22.5. The smallest absolute Gasteiger partial charge is 0.343 e. The Bertz CT molecular complexity index is 1380. The minimum absolute atomic E-state index is 0.129. The Hall–Kier alpha value is -4.92. The standard InChI is InChI=1S/C24H16N4O5/c29-23(21-14-11-16-5-1-3-7-20(16)26-21)27-25-15-18-6-2-4-8-22(18)33-24(30)17-9-12-19(13-10-17)28(31)32/h1-15H,(H,27,29)/b25-15+. The molecule has 4 aromatic rings. The zero-order chi connectivity index (χ0) is 23.2. The number of hydrazone groups is 1. The van der Waals surface area contributed by atoms with Gasteiger partial charge < -0.3 is 4.74 Å². The van der Waals surface area contributed by atoms with Crippen molar-refractivity contribution in [1.29, 1.82) is 0 Å². The van der Waals surface area contributed by atoms with Crippen molar-refractivity contribution in [3.05, 3.63) is 112 Å². The largest absolute Gasteiger partial charge is 0.422 e. The number of benzene rings is 3. The van der Waals surface area contributed by atoms with E-state index in [1.807, 2.05) is 24.3 Å². The fourth-order valence-electron chi connectivity index (χ4n) is 2.97. The number of fused-ring (bicyclic) bond motifs is 1. The van der Waals surface area contributed by atoms with Gasteiger partial charge in [0.25, 0.3) is 11.6 Å². The van der Waals surface area contributed by atoms with Crippen molar-refractivity contribution in [2.45, 2.75) is 0 Å². The number of nitro benzene ring substituents is 1. The van der Waals surface area contributed by atoms with Crippen LogP contribution >= 0.6 is 0 Å². The van der Waals surface area contributed by atoms with Crippen LogP contribution in [0.1, 0.15) is 26.4 Å². The van der Waals surface area contributed by atoms with Crippen LogP contribution in [0, 0.1) is 10.1 Å². The number of amides is 1. The average Bonchev–Trinajstić information content (AvgIpc) is 2.84. The molecule has 0 aliphatic carbocycles. The molecule has 0 spiro atoms. The highest BCUT2D eigenvalue weighted by atomic mass is 16.6. The Kier molecular flexibility index (Phi) is 6.12. The van der Waals surface area contributed by atoms with Gasteiger partial charge in [-0.05, 0) is 36.4 Å². The molecule has 33 heavy (non-hydrogen) atoms. The molecule has 0 saturated carbocycles. The number of non-ortho nitro benzene ring substituents is 1. The number of para-hydroxylation sites is 2.